The summed E-state index contributed by atoms with van der Waals surface area (Å²) in [5.41, 5.74) is 6.65. The summed E-state index contributed by atoms with van der Waals surface area (Å²) in [5.74, 6) is 1.39. The SMILES string of the molecule is CC.CC.CCOc1nn(C(C)CN2CCCC2)c2c1/C=C/c1nn(PI)c3cnc(cc13)-c1c(C)nn(C)c1OC(C)CN(C)C2. The van der Waals surface area contributed by atoms with Gasteiger partial charge in [0.05, 0.1) is 64.6 Å². The van der Waals surface area contributed by atoms with Gasteiger partial charge in [-0.05, 0) is 101 Å². The lowest BCUT2D eigenvalue weighted by atomic mass is 10.1. The Morgan fingerprint density at radius 2 is 1.81 bits per heavy atom. The molecule has 4 aromatic rings. The molecule has 47 heavy (non-hydrogen) atoms. The maximum Gasteiger partial charge on any atom is 0.240 e. The first kappa shape index (κ1) is 37.3. The highest BCUT2D eigenvalue weighted by Crippen LogP contribution is 2.37. The Labute approximate surface area is 295 Å². The molecule has 4 aromatic heterocycles. The Hall–Kier alpha value is -2.54. The molecule has 258 valence electrons. The maximum atomic E-state index is 6.61. The minimum atomic E-state index is -0.0883. The number of nitrogens with zero attached hydrogens (tertiary/aromatic N) is 9. The molecule has 0 spiro atoms. The van der Waals surface area contributed by atoms with E-state index in [4.69, 9.17) is 29.8 Å². The van der Waals surface area contributed by atoms with Crippen LogP contribution < -0.4 is 9.47 Å². The molecule has 3 unspecified atom stereocenters. The van der Waals surface area contributed by atoms with Crippen LogP contribution in [0.2, 0.25) is 0 Å². The Balaban J connectivity index is 0.00000120. The van der Waals surface area contributed by atoms with Gasteiger partial charge in [0.15, 0.2) is 0 Å². The molecule has 3 atom stereocenters. The summed E-state index contributed by atoms with van der Waals surface area (Å²) in [5, 5.41) is 15.8. The van der Waals surface area contributed by atoms with E-state index in [9.17, 15) is 0 Å². The third kappa shape index (κ3) is 8.20. The van der Waals surface area contributed by atoms with Crippen LogP contribution in [0.4, 0.5) is 0 Å². The third-order valence-electron chi connectivity index (χ3n) is 8.25. The molecule has 2 aliphatic rings. The molecular weight excluding hydrogens is 724 g/mol. The number of likely N-dealkylation sites (N-methyl/N-ethyl adjacent to an activating group) is 1. The topological polar surface area (TPSA) is 91.3 Å². The average molecular weight is 778 g/mol. The average Bonchev–Trinajstić information content (AvgIpc) is 3.84. The minimum absolute atomic E-state index is 0.0883. The Bertz CT molecular complexity index is 1640. The Morgan fingerprint density at radius 3 is 2.49 bits per heavy atom. The number of aromatic nitrogens is 7. The standard InChI is InChI=1S/C30H41IN9O2P.2C2H6/c1-7-41-29-22-10-11-24-23-14-25(32-15-26(23)40(34-24)43-31)28-21(4)33-37(6)30(28)42-20(3)17-36(5)18-27(22)39(35-29)19(2)16-38-12-8-9-13-38;2*1-2/h10-11,14-15,19-20,43H,7-9,12-13,16-18H2,1-6H3;2*1-2H3/b11-10+;;. The van der Waals surface area contributed by atoms with Crippen molar-refractivity contribution < 1.29 is 9.47 Å². The second kappa shape index (κ2) is 17.2. The lowest BCUT2D eigenvalue weighted by Gasteiger charge is -2.26. The van der Waals surface area contributed by atoms with Gasteiger partial charge in [-0.2, -0.15) is 10.2 Å². The fraction of sp³-hybridized carbons (Fsp3) is 0.588. The van der Waals surface area contributed by atoms with Crippen molar-refractivity contribution >= 4 is 51.5 Å². The number of pyridine rings is 1. The van der Waals surface area contributed by atoms with E-state index in [0.717, 1.165) is 76.9 Å². The quantitative estimate of drug-likeness (QED) is 0.146. The van der Waals surface area contributed by atoms with Crippen molar-refractivity contribution in [2.24, 2.45) is 7.05 Å². The van der Waals surface area contributed by atoms with Gasteiger partial charge in [-0.15, -0.1) is 5.10 Å². The molecule has 1 saturated heterocycles. The molecule has 0 N–H and O–H groups in total. The predicted molar refractivity (Wildman–Crippen MR) is 204 cm³/mol. The van der Waals surface area contributed by atoms with Crippen molar-refractivity contribution in [3.8, 4) is 23.0 Å². The van der Waals surface area contributed by atoms with Gasteiger partial charge in [-0.1, -0.05) is 27.7 Å². The molecule has 6 heterocycles. The molecule has 11 nitrogen and oxygen atoms in total. The van der Waals surface area contributed by atoms with Crippen molar-refractivity contribution in [3.05, 3.63) is 34.9 Å². The summed E-state index contributed by atoms with van der Waals surface area (Å²) < 4.78 is 18.8. The van der Waals surface area contributed by atoms with Gasteiger partial charge < -0.3 is 14.4 Å². The molecule has 0 aliphatic carbocycles. The lowest BCUT2D eigenvalue weighted by molar-refractivity contribution is 0.146. The van der Waals surface area contributed by atoms with Gasteiger partial charge in [-0.3, -0.25) is 14.6 Å². The Kier molecular flexibility index (Phi) is 13.7. The molecule has 13 heteroatoms. The molecule has 0 radical (unpaired) electrons. The fourth-order valence-electron chi connectivity index (χ4n) is 6.39. The first-order valence-corrected chi connectivity index (χ1v) is 21.1. The normalized spacial score (nSPS) is 18.4. The highest BCUT2D eigenvalue weighted by Gasteiger charge is 2.26. The van der Waals surface area contributed by atoms with Crippen LogP contribution in [0.1, 0.15) is 90.0 Å². The largest absolute Gasteiger partial charge is 0.476 e. The first-order chi connectivity index (χ1) is 22.8. The lowest BCUT2D eigenvalue weighted by Crippen LogP contribution is -2.33. The van der Waals surface area contributed by atoms with E-state index in [0.29, 0.717) is 25.4 Å². The van der Waals surface area contributed by atoms with Crippen LogP contribution in [0.3, 0.4) is 0 Å². The smallest absolute Gasteiger partial charge is 0.240 e. The van der Waals surface area contributed by atoms with Crippen molar-refractivity contribution in [2.45, 2.75) is 86.9 Å². The van der Waals surface area contributed by atoms with E-state index in [1.165, 1.54) is 12.8 Å². The molecule has 2 bridgehead atoms. The number of likely N-dealkylation sites (tertiary alicyclic amines) is 1. The van der Waals surface area contributed by atoms with E-state index >= 15 is 0 Å². The van der Waals surface area contributed by atoms with E-state index in [1.807, 2.05) is 63.9 Å². The zero-order chi connectivity index (χ0) is 34.2. The van der Waals surface area contributed by atoms with Gasteiger partial charge in [0, 0.05) is 32.1 Å². The van der Waals surface area contributed by atoms with Gasteiger partial charge in [-0.25, -0.2) is 9.13 Å². The molecule has 6 rings (SSSR count). The highest BCUT2D eigenvalue weighted by atomic mass is 127. The second-order valence-electron chi connectivity index (χ2n) is 11.7. The number of rotatable bonds is 6. The first-order valence-electron chi connectivity index (χ1n) is 17.1. The summed E-state index contributed by atoms with van der Waals surface area (Å²) in [6.45, 7) is 21.6. The number of hydrogen-bond donors (Lipinski definition) is 0. The van der Waals surface area contributed by atoms with Crippen LogP contribution in [0.5, 0.6) is 11.8 Å². The fourth-order valence-corrected chi connectivity index (χ4v) is 7.90. The summed E-state index contributed by atoms with van der Waals surface area (Å²) in [6.07, 6.45) is 9.06. The maximum absolute atomic E-state index is 6.61. The summed E-state index contributed by atoms with van der Waals surface area (Å²) in [4.78, 5) is 9.72. The number of fused-ring (bicyclic) bond motifs is 4. The van der Waals surface area contributed by atoms with Crippen molar-refractivity contribution in [1.29, 1.82) is 0 Å². The highest BCUT2D eigenvalue weighted by molar-refractivity contribution is 14.2. The molecule has 0 amide bonds. The van der Waals surface area contributed by atoms with Crippen molar-refractivity contribution in [2.75, 3.05) is 39.8 Å². The predicted octanol–water partition coefficient (Wildman–Crippen LogP) is 7.62. The minimum Gasteiger partial charge on any atom is -0.476 e. The zero-order valence-electron chi connectivity index (χ0n) is 29.8. The molecule has 0 saturated carbocycles. The van der Waals surface area contributed by atoms with Gasteiger partial charge in [0.1, 0.15) is 6.10 Å². The molecule has 1 fully saturated rings. The van der Waals surface area contributed by atoms with E-state index in [2.05, 4.69) is 75.6 Å². The summed E-state index contributed by atoms with van der Waals surface area (Å²) in [7, 11) is 4.07. The van der Waals surface area contributed by atoms with Crippen LogP contribution >= 0.6 is 28.4 Å². The van der Waals surface area contributed by atoms with Gasteiger partial charge in [0.25, 0.3) is 0 Å². The monoisotopic (exact) mass is 777 g/mol. The number of aryl methyl sites for hydroxylation is 2. The van der Waals surface area contributed by atoms with Crippen LogP contribution in [0.25, 0.3) is 34.3 Å². The van der Waals surface area contributed by atoms with Crippen molar-refractivity contribution in [3.63, 3.8) is 0 Å². The van der Waals surface area contributed by atoms with Crippen LogP contribution in [0, 0.1) is 6.92 Å². The number of ether oxygens (including phenoxy) is 2. The zero-order valence-corrected chi connectivity index (χ0v) is 33.0. The third-order valence-corrected chi connectivity index (χ3v) is 10.1. The molecule has 2 aliphatic heterocycles. The molecule has 0 aromatic carbocycles. The molecular formula is C34H53IN9O2P. The Morgan fingerprint density at radius 1 is 1.09 bits per heavy atom. The van der Waals surface area contributed by atoms with Crippen LogP contribution in [-0.2, 0) is 13.6 Å². The van der Waals surface area contributed by atoms with E-state index in [1.54, 1.807) is 0 Å². The number of hydrogen-bond acceptors (Lipinski definition) is 8. The van der Waals surface area contributed by atoms with E-state index < -0.39 is 0 Å². The summed E-state index contributed by atoms with van der Waals surface area (Å²) >= 11 is 2.37. The van der Waals surface area contributed by atoms with Crippen molar-refractivity contribution in [1.82, 2.24) is 43.9 Å². The second-order valence-corrected chi connectivity index (χ2v) is 13.8. The summed E-state index contributed by atoms with van der Waals surface area (Å²) in [6, 6.07) is 2.32. The van der Waals surface area contributed by atoms with Gasteiger partial charge >= 0.3 is 0 Å². The van der Waals surface area contributed by atoms with Gasteiger partial charge in [0.2, 0.25) is 11.8 Å². The number of halogens is 1. The van der Waals surface area contributed by atoms with Crippen LogP contribution in [0.15, 0.2) is 12.3 Å². The van der Waals surface area contributed by atoms with Crippen LogP contribution in [-0.4, -0.2) is 89.8 Å². The van der Waals surface area contributed by atoms with E-state index in [-0.39, 0.29) is 12.1 Å².